The van der Waals surface area contributed by atoms with Gasteiger partial charge in [-0.25, -0.2) is 4.39 Å². The Morgan fingerprint density at radius 2 is 1.93 bits per heavy atom. The molecule has 1 amide bonds. The number of fused-ring (bicyclic) bond motifs is 2. The van der Waals surface area contributed by atoms with Gasteiger partial charge in [-0.05, 0) is 61.7 Å². The quantitative estimate of drug-likeness (QED) is 0.770. The average Bonchev–Trinajstić information content (AvgIpc) is 2.99. The molecule has 2 atom stereocenters. The summed E-state index contributed by atoms with van der Waals surface area (Å²) in [6, 6.07) is 15.2. The van der Waals surface area contributed by atoms with E-state index in [9.17, 15) is 9.18 Å². The summed E-state index contributed by atoms with van der Waals surface area (Å²) in [6.45, 7) is 7.11. The number of nitrogens with zero attached hydrogens (tertiary/aromatic N) is 1. The highest BCUT2D eigenvalue weighted by atomic mass is 19.1. The second-order valence-corrected chi connectivity index (χ2v) is 8.42. The van der Waals surface area contributed by atoms with Crippen LogP contribution in [0.25, 0.3) is 0 Å². The molecule has 4 rings (SSSR count). The van der Waals surface area contributed by atoms with E-state index in [1.54, 1.807) is 12.1 Å². The molecule has 0 unspecified atom stereocenters. The van der Waals surface area contributed by atoms with E-state index >= 15 is 0 Å². The predicted molar refractivity (Wildman–Crippen MR) is 116 cm³/mol. The van der Waals surface area contributed by atoms with Gasteiger partial charge in [0.2, 0.25) is 5.91 Å². The minimum atomic E-state index is -0.184. The van der Waals surface area contributed by atoms with Gasteiger partial charge >= 0.3 is 0 Å². The molecule has 30 heavy (non-hydrogen) atoms. The van der Waals surface area contributed by atoms with E-state index in [1.807, 2.05) is 26.0 Å². The summed E-state index contributed by atoms with van der Waals surface area (Å²) in [5.41, 5.74) is 3.41. The van der Waals surface area contributed by atoms with Crippen molar-refractivity contribution >= 4 is 5.91 Å². The smallest absolute Gasteiger partial charge is 0.220 e. The van der Waals surface area contributed by atoms with Crippen LogP contribution in [0.15, 0.2) is 48.5 Å². The first-order valence-electron chi connectivity index (χ1n) is 11.0. The highest BCUT2D eigenvalue weighted by molar-refractivity contribution is 5.76. The fourth-order valence-corrected chi connectivity index (χ4v) is 5.28. The number of hydrogen-bond donors (Lipinski definition) is 1. The number of halogens is 1. The Kier molecular flexibility index (Phi) is 6.21. The third-order valence-corrected chi connectivity index (χ3v) is 6.71. The summed E-state index contributed by atoms with van der Waals surface area (Å²) in [7, 11) is 0. The third-order valence-electron chi connectivity index (χ3n) is 6.71. The zero-order valence-corrected chi connectivity index (χ0v) is 17.9. The third kappa shape index (κ3) is 3.88. The lowest BCUT2D eigenvalue weighted by Crippen LogP contribution is -2.50. The van der Waals surface area contributed by atoms with Gasteiger partial charge in [-0.1, -0.05) is 43.3 Å². The number of amides is 1. The van der Waals surface area contributed by atoms with Gasteiger partial charge in [0, 0.05) is 25.0 Å². The van der Waals surface area contributed by atoms with Gasteiger partial charge in [-0.3, -0.25) is 9.69 Å². The Morgan fingerprint density at radius 3 is 2.63 bits per heavy atom. The minimum Gasteiger partial charge on any atom is -0.375 e. The summed E-state index contributed by atoms with van der Waals surface area (Å²) >= 11 is 0. The van der Waals surface area contributed by atoms with Crippen LogP contribution in [0.5, 0.6) is 0 Å². The molecule has 1 aliphatic carbocycles. The van der Waals surface area contributed by atoms with Gasteiger partial charge in [0.1, 0.15) is 5.82 Å². The van der Waals surface area contributed by atoms with Gasteiger partial charge in [0.15, 0.2) is 0 Å². The Balaban J connectivity index is 1.58. The number of carbonyl (C=O) groups is 1. The second-order valence-electron chi connectivity index (χ2n) is 8.42. The Bertz CT molecular complexity index is 892. The maximum Gasteiger partial charge on any atom is 0.220 e. The zero-order valence-electron chi connectivity index (χ0n) is 17.9. The maximum absolute atomic E-state index is 13.6. The van der Waals surface area contributed by atoms with Crippen molar-refractivity contribution in [3.05, 3.63) is 71.0 Å². The molecule has 5 heteroatoms. The fraction of sp³-hybridized carbons (Fsp3) is 0.480. The van der Waals surface area contributed by atoms with E-state index < -0.39 is 0 Å². The highest BCUT2D eigenvalue weighted by Gasteiger charge is 2.54. The minimum absolute atomic E-state index is 0.0556. The normalized spacial score (nSPS) is 22.8. The van der Waals surface area contributed by atoms with Crippen LogP contribution in [0.2, 0.25) is 0 Å². The van der Waals surface area contributed by atoms with Crippen molar-refractivity contribution in [1.82, 2.24) is 10.2 Å². The van der Waals surface area contributed by atoms with E-state index in [-0.39, 0.29) is 29.3 Å². The van der Waals surface area contributed by atoms with Crippen molar-refractivity contribution in [2.45, 2.75) is 57.2 Å². The van der Waals surface area contributed by atoms with Crippen molar-refractivity contribution in [2.24, 2.45) is 0 Å². The first-order valence-corrected chi connectivity index (χ1v) is 11.0. The standard InChI is InChI=1S/C25H31FN2O2/c1-3-22(29)27-23-20-10-5-6-11-21(20)25(24(23)30-4-2)12-14-28(15-13-25)17-18-8-7-9-19(26)16-18/h5-11,16,23-24H,3-4,12-15,17H2,1-2H3,(H,27,29)/t23-,24+/m1/s1. The van der Waals surface area contributed by atoms with Crippen LogP contribution in [0.4, 0.5) is 4.39 Å². The van der Waals surface area contributed by atoms with Crippen molar-refractivity contribution in [1.29, 1.82) is 0 Å². The molecular formula is C25H31FN2O2. The lowest BCUT2D eigenvalue weighted by Gasteiger charge is -2.44. The molecule has 1 N–H and O–H groups in total. The monoisotopic (exact) mass is 410 g/mol. The molecule has 1 aliphatic heterocycles. The fourth-order valence-electron chi connectivity index (χ4n) is 5.28. The molecule has 1 saturated heterocycles. The van der Waals surface area contributed by atoms with Crippen LogP contribution in [0.3, 0.4) is 0 Å². The molecule has 2 aliphatic rings. The highest BCUT2D eigenvalue weighted by Crippen LogP contribution is 2.52. The number of hydrogen-bond acceptors (Lipinski definition) is 3. The topological polar surface area (TPSA) is 41.6 Å². The van der Waals surface area contributed by atoms with Gasteiger partial charge in [0.05, 0.1) is 12.1 Å². The van der Waals surface area contributed by atoms with Crippen LogP contribution < -0.4 is 5.32 Å². The van der Waals surface area contributed by atoms with Crippen molar-refractivity contribution < 1.29 is 13.9 Å². The van der Waals surface area contributed by atoms with Crippen LogP contribution in [-0.2, 0) is 21.5 Å². The van der Waals surface area contributed by atoms with E-state index in [0.717, 1.165) is 38.0 Å². The van der Waals surface area contributed by atoms with E-state index in [4.69, 9.17) is 4.74 Å². The first-order chi connectivity index (χ1) is 14.6. The Morgan fingerprint density at radius 1 is 1.17 bits per heavy atom. The summed E-state index contributed by atoms with van der Waals surface area (Å²) < 4.78 is 19.9. The van der Waals surface area contributed by atoms with Crippen LogP contribution in [-0.4, -0.2) is 36.6 Å². The van der Waals surface area contributed by atoms with E-state index in [2.05, 4.69) is 28.4 Å². The first kappa shape index (κ1) is 21.0. The molecule has 0 radical (unpaired) electrons. The molecule has 160 valence electrons. The SMILES string of the molecule is CCO[C@H]1[C@H](NC(=O)CC)c2ccccc2C12CCN(Cc1cccc(F)c1)CC2. The molecule has 0 saturated carbocycles. The van der Waals surface area contributed by atoms with Crippen LogP contribution in [0, 0.1) is 5.82 Å². The number of likely N-dealkylation sites (tertiary alicyclic amines) is 1. The number of carbonyl (C=O) groups excluding carboxylic acids is 1. The number of nitrogens with one attached hydrogen (secondary N) is 1. The number of benzene rings is 2. The summed E-state index contributed by atoms with van der Waals surface area (Å²) in [5, 5.41) is 3.23. The molecule has 2 aromatic carbocycles. The molecule has 1 spiro atoms. The molecule has 0 aromatic heterocycles. The number of piperidine rings is 1. The second kappa shape index (κ2) is 8.86. The van der Waals surface area contributed by atoms with Crippen LogP contribution in [0.1, 0.15) is 55.8 Å². The molecule has 1 heterocycles. The van der Waals surface area contributed by atoms with Crippen molar-refractivity contribution in [2.75, 3.05) is 19.7 Å². The molecule has 4 nitrogen and oxygen atoms in total. The molecule has 0 bridgehead atoms. The maximum atomic E-state index is 13.6. The molecule has 2 aromatic rings. The Labute approximate surface area is 178 Å². The van der Waals surface area contributed by atoms with Gasteiger partial charge in [-0.2, -0.15) is 0 Å². The molecule has 1 fully saturated rings. The largest absolute Gasteiger partial charge is 0.375 e. The van der Waals surface area contributed by atoms with Gasteiger partial charge in [0.25, 0.3) is 0 Å². The van der Waals surface area contributed by atoms with Crippen molar-refractivity contribution in [3.8, 4) is 0 Å². The lowest BCUT2D eigenvalue weighted by molar-refractivity contribution is -0.123. The van der Waals surface area contributed by atoms with Crippen LogP contribution >= 0.6 is 0 Å². The average molecular weight is 411 g/mol. The number of ether oxygens (including phenoxy) is 1. The predicted octanol–water partition coefficient (Wildman–Crippen LogP) is 4.35. The van der Waals surface area contributed by atoms with E-state index in [1.165, 1.54) is 17.2 Å². The van der Waals surface area contributed by atoms with Gasteiger partial charge < -0.3 is 10.1 Å². The van der Waals surface area contributed by atoms with Crippen molar-refractivity contribution in [3.63, 3.8) is 0 Å². The number of rotatable bonds is 6. The summed E-state index contributed by atoms with van der Waals surface area (Å²) in [5.74, 6) is -0.128. The Hall–Kier alpha value is -2.24. The molecular weight excluding hydrogens is 379 g/mol. The van der Waals surface area contributed by atoms with E-state index in [0.29, 0.717) is 13.0 Å². The van der Waals surface area contributed by atoms with Gasteiger partial charge in [-0.15, -0.1) is 0 Å². The summed E-state index contributed by atoms with van der Waals surface area (Å²) in [4.78, 5) is 14.7. The summed E-state index contributed by atoms with van der Waals surface area (Å²) in [6.07, 6.45) is 2.32. The lowest BCUT2D eigenvalue weighted by atomic mass is 9.71. The zero-order chi connectivity index (χ0) is 21.1.